The van der Waals surface area contributed by atoms with E-state index >= 15 is 0 Å². The summed E-state index contributed by atoms with van der Waals surface area (Å²) in [7, 11) is 0. The average molecular weight is 342 g/mol. The quantitative estimate of drug-likeness (QED) is 0.708. The molecule has 0 fully saturated rings. The van der Waals surface area contributed by atoms with E-state index in [2.05, 4.69) is 17.1 Å². The molecule has 0 atom stereocenters. The Morgan fingerprint density at radius 2 is 1.58 bits per heavy atom. The Balaban J connectivity index is 0.000000224. The molecule has 0 aliphatic carbocycles. The Hall–Kier alpha value is -3.06. The van der Waals surface area contributed by atoms with Crippen LogP contribution in [0.1, 0.15) is 0 Å². The fraction of sp³-hybridized carbons (Fsp3) is 0. The number of aliphatic carboxylic acids is 2. The van der Waals surface area contributed by atoms with E-state index in [-0.39, 0.29) is 0 Å². The van der Waals surface area contributed by atoms with Gasteiger partial charge in [0.15, 0.2) is 0 Å². The van der Waals surface area contributed by atoms with Gasteiger partial charge in [-0.2, -0.15) is 0 Å². The molecule has 2 N–H and O–H groups in total. The molecule has 3 aromatic rings. The number of carboxylic acid groups (broad SMARTS) is 2. The predicted molar refractivity (Wildman–Crippen MR) is 90.2 cm³/mol. The summed E-state index contributed by atoms with van der Waals surface area (Å²) in [6, 6.07) is 16.3. The molecule has 0 spiro atoms. The zero-order valence-electron chi connectivity index (χ0n) is 12.4. The van der Waals surface area contributed by atoms with Crippen LogP contribution in [-0.4, -0.2) is 31.5 Å². The van der Waals surface area contributed by atoms with E-state index in [1.165, 1.54) is 4.90 Å². The van der Waals surface area contributed by atoms with Crippen LogP contribution in [0.15, 0.2) is 83.0 Å². The Morgan fingerprint density at radius 3 is 2.17 bits per heavy atom. The van der Waals surface area contributed by atoms with E-state index in [4.69, 9.17) is 10.2 Å². The number of hydrogen-bond donors (Lipinski definition) is 2. The van der Waals surface area contributed by atoms with Gasteiger partial charge in [-0.25, -0.2) is 14.6 Å². The van der Waals surface area contributed by atoms with Gasteiger partial charge in [0.05, 0.1) is 0 Å². The van der Waals surface area contributed by atoms with Gasteiger partial charge >= 0.3 is 11.9 Å². The van der Waals surface area contributed by atoms with Crippen molar-refractivity contribution >= 4 is 29.3 Å². The molecule has 0 saturated carbocycles. The van der Waals surface area contributed by atoms with E-state index in [9.17, 15) is 9.59 Å². The molecule has 122 valence electrons. The van der Waals surface area contributed by atoms with E-state index in [1.807, 2.05) is 53.2 Å². The lowest BCUT2D eigenvalue weighted by Gasteiger charge is -1.94. The van der Waals surface area contributed by atoms with Crippen molar-refractivity contribution in [3.8, 4) is 0 Å². The third kappa shape index (κ3) is 5.62. The van der Waals surface area contributed by atoms with Crippen molar-refractivity contribution in [1.82, 2.24) is 9.38 Å². The Morgan fingerprint density at radius 1 is 0.958 bits per heavy atom. The van der Waals surface area contributed by atoms with E-state index in [0.29, 0.717) is 12.2 Å². The number of aromatic nitrogens is 2. The summed E-state index contributed by atoms with van der Waals surface area (Å²) in [6.07, 6.45) is 5.18. The maximum absolute atomic E-state index is 9.55. The summed E-state index contributed by atoms with van der Waals surface area (Å²) in [5, 5.41) is 16.6. The number of hydrogen-bond acceptors (Lipinski definition) is 4. The van der Waals surface area contributed by atoms with Gasteiger partial charge in [0.25, 0.3) is 0 Å². The average Bonchev–Trinajstić information content (AvgIpc) is 2.96. The van der Waals surface area contributed by atoms with Gasteiger partial charge in [-0.1, -0.05) is 36.0 Å². The van der Waals surface area contributed by atoms with Crippen molar-refractivity contribution in [2.75, 3.05) is 0 Å². The first-order valence-electron chi connectivity index (χ1n) is 6.85. The first-order valence-corrected chi connectivity index (χ1v) is 7.67. The molecule has 0 aliphatic rings. The number of carboxylic acids is 2. The van der Waals surface area contributed by atoms with Crippen LogP contribution < -0.4 is 0 Å². The zero-order chi connectivity index (χ0) is 17.4. The fourth-order valence-electron chi connectivity index (χ4n) is 1.71. The molecule has 0 unspecified atom stereocenters. The standard InChI is InChI=1S/C13H10N2S.C4H4O4/c1-2-6-11(7-3-1)16-13-10-15-9-5-4-8-12(15)14-13;5-3(6)1-2-4(7)8/h1-10H;1-2H,(H,5,6)(H,7,8)/b;2-1+. The normalized spacial score (nSPS) is 10.3. The van der Waals surface area contributed by atoms with Crippen molar-refractivity contribution in [3.63, 3.8) is 0 Å². The smallest absolute Gasteiger partial charge is 0.328 e. The van der Waals surface area contributed by atoms with Gasteiger partial charge in [0.2, 0.25) is 0 Å². The lowest BCUT2D eigenvalue weighted by molar-refractivity contribution is -0.134. The van der Waals surface area contributed by atoms with Crippen LogP contribution in [0, 0.1) is 0 Å². The number of benzene rings is 1. The first kappa shape index (κ1) is 17.3. The minimum atomic E-state index is -1.26. The number of imidazole rings is 1. The van der Waals surface area contributed by atoms with Gasteiger partial charge in [-0.15, -0.1) is 0 Å². The van der Waals surface area contributed by atoms with E-state index in [1.54, 1.807) is 11.8 Å². The molecule has 24 heavy (non-hydrogen) atoms. The highest BCUT2D eigenvalue weighted by atomic mass is 32.2. The highest BCUT2D eigenvalue weighted by molar-refractivity contribution is 7.99. The molecule has 3 rings (SSSR count). The molecular weight excluding hydrogens is 328 g/mol. The fourth-order valence-corrected chi connectivity index (χ4v) is 2.55. The molecule has 2 heterocycles. The number of fused-ring (bicyclic) bond motifs is 1. The van der Waals surface area contributed by atoms with Crippen molar-refractivity contribution in [2.24, 2.45) is 0 Å². The van der Waals surface area contributed by atoms with Crippen molar-refractivity contribution in [1.29, 1.82) is 0 Å². The Bertz CT molecular complexity index is 810. The first-order chi connectivity index (χ1) is 11.5. The van der Waals surface area contributed by atoms with Crippen molar-refractivity contribution in [2.45, 2.75) is 9.92 Å². The molecule has 0 radical (unpaired) electrons. The second-order valence-electron chi connectivity index (χ2n) is 4.47. The summed E-state index contributed by atoms with van der Waals surface area (Å²) in [5.41, 5.74) is 0.987. The molecule has 0 saturated heterocycles. The lowest BCUT2D eigenvalue weighted by atomic mass is 10.4. The molecule has 1 aromatic carbocycles. The van der Waals surface area contributed by atoms with Crippen LogP contribution in [0.3, 0.4) is 0 Å². The maximum atomic E-state index is 9.55. The highest BCUT2D eigenvalue weighted by Gasteiger charge is 2.02. The molecular formula is C17H14N2O4S. The van der Waals surface area contributed by atoms with Gasteiger partial charge in [0, 0.05) is 29.4 Å². The molecule has 2 aromatic heterocycles. The third-order valence-corrected chi connectivity index (χ3v) is 3.59. The van der Waals surface area contributed by atoms with Gasteiger partial charge < -0.3 is 14.6 Å². The molecule has 6 nitrogen and oxygen atoms in total. The number of nitrogens with zero attached hydrogens (tertiary/aromatic N) is 2. The molecule has 0 amide bonds. The zero-order valence-corrected chi connectivity index (χ0v) is 13.3. The molecule has 0 aliphatic heterocycles. The summed E-state index contributed by atoms with van der Waals surface area (Å²) in [4.78, 5) is 24.9. The highest BCUT2D eigenvalue weighted by Crippen LogP contribution is 2.26. The van der Waals surface area contributed by atoms with Crippen LogP contribution in [0.4, 0.5) is 0 Å². The minimum Gasteiger partial charge on any atom is -0.478 e. The van der Waals surface area contributed by atoms with Crippen LogP contribution in [0.5, 0.6) is 0 Å². The second kappa shape index (κ2) is 8.54. The second-order valence-corrected chi connectivity index (χ2v) is 5.56. The van der Waals surface area contributed by atoms with Gasteiger partial charge in [0.1, 0.15) is 10.7 Å². The minimum absolute atomic E-state index is 0.558. The summed E-state index contributed by atoms with van der Waals surface area (Å²) in [6.45, 7) is 0. The summed E-state index contributed by atoms with van der Waals surface area (Å²) in [5.74, 6) is -2.51. The van der Waals surface area contributed by atoms with Gasteiger partial charge in [-0.3, -0.25) is 0 Å². The largest absolute Gasteiger partial charge is 0.478 e. The van der Waals surface area contributed by atoms with Crippen LogP contribution in [0.2, 0.25) is 0 Å². The van der Waals surface area contributed by atoms with Crippen LogP contribution >= 0.6 is 11.8 Å². The number of pyridine rings is 1. The number of rotatable bonds is 4. The van der Waals surface area contributed by atoms with E-state index in [0.717, 1.165) is 10.7 Å². The van der Waals surface area contributed by atoms with Crippen LogP contribution in [0.25, 0.3) is 5.65 Å². The lowest BCUT2D eigenvalue weighted by Crippen LogP contribution is -1.91. The van der Waals surface area contributed by atoms with Crippen LogP contribution in [-0.2, 0) is 9.59 Å². The molecule has 0 bridgehead atoms. The van der Waals surface area contributed by atoms with Gasteiger partial charge in [-0.05, 0) is 24.3 Å². The SMILES string of the molecule is O=C(O)/C=C/C(=O)O.c1ccc(Sc2cn3ccccc3n2)cc1. The topological polar surface area (TPSA) is 91.9 Å². The Labute approximate surface area is 142 Å². The van der Waals surface area contributed by atoms with E-state index < -0.39 is 11.9 Å². The predicted octanol–water partition coefficient (Wildman–Crippen LogP) is 3.20. The third-order valence-electron chi connectivity index (χ3n) is 2.68. The monoisotopic (exact) mass is 342 g/mol. The summed E-state index contributed by atoms with van der Waals surface area (Å²) >= 11 is 1.68. The Kier molecular flexibility index (Phi) is 6.16. The maximum Gasteiger partial charge on any atom is 0.328 e. The van der Waals surface area contributed by atoms with Crippen molar-refractivity contribution in [3.05, 3.63) is 73.1 Å². The molecule has 7 heteroatoms. The number of carbonyl (C=O) groups is 2. The summed E-state index contributed by atoms with van der Waals surface area (Å²) < 4.78 is 2.03. The van der Waals surface area contributed by atoms with Crippen molar-refractivity contribution < 1.29 is 19.8 Å².